The Hall–Kier alpha value is -1.44. The van der Waals surface area contributed by atoms with Crippen LogP contribution in [0.3, 0.4) is 0 Å². The SMILES string of the molecule is FCc1cccc(-c2ccc(F)cc2[O][Al])n1. The van der Waals surface area contributed by atoms with Crippen molar-refractivity contribution in [1.82, 2.24) is 4.98 Å². The van der Waals surface area contributed by atoms with Gasteiger partial charge < -0.3 is 3.79 Å². The summed E-state index contributed by atoms with van der Waals surface area (Å²) in [7, 11) is 0. The molecule has 0 unspecified atom stereocenters. The van der Waals surface area contributed by atoms with Crippen LogP contribution in [0.25, 0.3) is 11.3 Å². The molecule has 0 bridgehead atoms. The largest absolute Gasteiger partial charge is 0.653 e. The van der Waals surface area contributed by atoms with Crippen molar-refractivity contribution in [3.63, 3.8) is 0 Å². The van der Waals surface area contributed by atoms with E-state index in [1.165, 1.54) is 12.1 Å². The molecule has 0 aliphatic rings. The van der Waals surface area contributed by atoms with Gasteiger partial charge in [-0.25, -0.2) is 13.8 Å². The Morgan fingerprint density at radius 2 is 2.06 bits per heavy atom. The molecular formula is C12H8AlF2NO. The van der Waals surface area contributed by atoms with Crippen molar-refractivity contribution in [3.05, 3.63) is 47.9 Å². The van der Waals surface area contributed by atoms with Gasteiger partial charge in [-0.2, -0.15) is 0 Å². The summed E-state index contributed by atoms with van der Waals surface area (Å²) >= 11 is 2.06. The molecular weight excluding hydrogens is 239 g/mol. The first-order chi connectivity index (χ1) is 8.24. The Bertz CT molecular complexity index is 534. The van der Waals surface area contributed by atoms with Gasteiger partial charge in [0, 0.05) is 11.6 Å². The Balaban J connectivity index is 2.51. The van der Waals surface area contributed by atoms with E-state index in [0.29, 0.717) is 22.7 Å². The maximum atomic E-state index is 13.0. The summed E-state index contributed by atoms with van der Waals surface area (Å²) < 4.78 is 30.5. The zero-order valence-corrected chi connectivity index (χ0v) is 10.0. The smallest absolute Gasteiger partial charge is 0.482 e. The number of halogens is 2. The lowest BCUT2D eigenvalue weighted by atomic mass is 10.1. The normalized spacial score (nSPS) is 10.2. The van der Waals surface area contributed by atoms with Gasteiger partial charge in [-0.15, -0.1) is 0 Å². The van der Waals surface area contributed by atoms with Crippen LogP contribution in [0.5, 0.6) is 5.75 Å². The van der Waals surface area contributed by atoms with Gasteiger partial charge in [-0.1, -0.05) is 6.07 Å². The Labute approximate surface area is 106 Å². The Morgan fingerprint density at radius 1 is 1.24 bits per heavy atom. The molecule has 0 saturated carbocycles. The minimum atomic E-state index is -0.633. The third kappa shape index (κ3) is 2.63. The second-order valence-electron chi connectivity index (χ2n) is 3.41. The Morgan fingerprint density at radius 3 is 2.76 bits per heavy atom. The van der Waals surface area contributed by atoms with Crippen LogP contribution in [0.15, 0.2) is 36.4 Å². The van der Waals surface area contributed by atoms with Gasteiger partial charge in [0.25, 0.3) is 0 Å². The number of rotatable bonds is 3. The van der Waals surface area contributed by atoms with Crippen LogP contribution < -0.4 is 3.79 Å². The standard InChI is InChI=1S/C12H9F2NO.Al/c13-7-9-2-1-3-11(15-9)10-5-4-8(14)6-12(10)16;/h1-6,16H,7H2;/q;+1/p-1. The number of hydrogen-bond acceptors (Lipinski definition) is 2. The number of pyridine rings is 1. The molecule has 1 heterocycles. The molecule has 2 aromatic rings. The van der Waals surface area contributed by atoms with Crippen LogP contribution in [-0.2, 0) is 6.67 Å². The molecule has 1 aromatic carbocycles. The topological polar surface area (TPSA) is 22.1 Å². The molecule has 84 valence electrons. The van der Waals surface area contributed by atoms with Gasteiger partial charge >= 0.3 is 16.6 Å². The fourth-order valence-electron chi connectivity index (χ4n) is 1.51. The second-order valence-corrected chi connectivity index (χ2v) is 3.64. The minimum Gasteiger partial charge on any atom is -0.653 e. The van der Waals surface area contributed by atoms with E-state index in [9.17, 15) is 8.78 Å². The van der Waals surface area contributed by atoms with Crippen molar-refractivity contribution < 1.29 is 12.6 Å². The third-order valence-electron chi connectivity index (χ3n) is 2.29. The fraction of sp³-hybridized carbons (Fsp3) is 0.0833. The first kappa shape index (κ1) is 12.0. The second kappa shape index (κ2) is 5.26. The Kier molecular flexibility index (Phi) is 3.72. The molecule has 0 spiro atoms. The van der Waals surface area contributed by atoms with Gasteiger partial charge in [-0.3, -0.25) is 0 Å². The van der Waals surface area contributed by atoms with E-state index in [2.05, 4.69) is 21.6 Å². The van der Waals surface area contributed by atoms with Crippen molar-refractivity contribution in [2.75, 3.05) is 0 Å². The van der Waals surface area contributed by atoms with Gasteiger partial charge in [-0.05, 0) is 24.3 Å². The zero-order chi connectivity index (χ0) is 12.3. The van der Waals surface area contributed by atoms with E-state index in [0.717, 1.165) is 0 Å². The van der Waals surface area contributed by atoms with Gasteiger partial charge in [0.15, 0.2) is 0 Å². The highest BCUT2D eigenvalue weighted by atomic mass is 27.1. The number of benzene rings is 1. The molecule has 0 amide bonds. The highest BCUT2D eigenvalue weighted by Crippen LogP contribution is 2.29. The summed E-state index contributed by atoms with van der Waals surface area (Å²) in [6.45, 7) is -0.633. The summed E-state index contributed by atoms with van der Waals surface area (Å²) in [6.07, 6.45) is 0. The first-order valence-electron chi connectivity index (χ1n) is 4.93. The lowest BCUT2D eigenvalue weighted by Crippen LogP contribution is -1.94. The van der Waals surface area contributed by atoms with E-state index < -0.39 is 12.5 Å². The van der Waals surface area contributed by atoms with Crippen LogP contribution in [0.2, 0.25) is 0 Å². The van der Waals surface area contributed by atoms with E-state index >= 15 is 0 Å². The van der Waals surface area contributed by atoms with E-state index in [4.69, 9.17) is 3.79 Å². The van der Waals surface area contributed by atoms with Gasteiger partial charge in [0.2, 0.25) is 0 Å². The molecule has 0 N–H and O–H groups in total. The maximum Gasteiger partial charge on any atom is 0.482 e. The lowest BCUT2D eigenvalue weighted by molar-refractivity contribution is 0.476. The molecule has 2 radical (unpaired) electrons. The van der Waals surface area contributed by atoms with Crippen LogP contribution in [-0.4, -0.2) is 21.6 Å². The molecule has 2 nitrogen and oxygen atoms in total. The summed E-state index contributed by atoms with van der Waals surface area (Å²) in [5, 5.41) is 0. The maximum absolute atomic E-state index is 13.0. The highest BCUT2D eigenvalue weighted by molar-refractivity contribution is 6.00. The number of nitrogens with zero attached hydrogens (tertiary/aromatic N) is 1. The monoisotopic (exact) mass is 247 g/mol. The molecule has 2 rings (SSSR count). The summed E-state index contributed by atoms with van der Waals surface area (Å²) in [5.74, 6) is -0.0497. The number of aromatic nitrogens is 1. The fourth-order valence-corrected chi connectivity index (χ4v) is 1.70. The van der Waals surface area contributed by atoms with Crippen LogP contribution in [0, 0.1) is 5.82 Å². The van der Waals surface area contributed by atoms with Crippen molar-refractivity contribution in [1.29, 1.82) is 0 Å². The third-order valence-corrected chi connectivity index (χ3v) is 2.54. The van der Waals surface area contributed by atoms with E-state index in [-0.39, 0.29) is 0 Å². The molecule has 17 heavy (non-hydrogen) atoms. The van der Waals surface area contributed by atoms with Gasteiger partial charge in [0.1, 0.15) is 12.5 Å². The number of alkyl halides is 1. The highest BCUT2D eigenvalue weighted by Gasteiger charge is 2.08. The molecule has 0 fully saturated rings. The average Bonchev–Trinajstić information content (AvgIpc) is 2.38. The van der Waals surface area contributed by atoms with Crippen molar-refractivity contribution in [3.8, 4) is 17.0 Å². The van der Waals surface area contributed by atoms with Crippen LogP contribution in [0.4, 0.5) is 8.78 Å². The lowest BCUT2D eigenvalue weighted by Gasteiger charge is -2.10. The van der Waals surface area contributed by atoms with Crippen LogP contribution >= 0.6 is 0 Å². The zero-order valence-electron chi connectivity index (χ0n) is 8.86. The first-order valence-corrected chi connectivity index (χ1v) is 5.40. The minimum absolute atomic E-state index is 0.335. The van der Waals surface area contributed by atoms with E-state index in [1.54, 1.807) is 24.3 Å². The molecule has 0 aliphatic carbocycles. The molecule has 0 aliphatic heterocycles. The predicted molar refractivity (Wildman–Crippen MR) is 60.8 cm³/mol. The van der Waals surface area contributed by atoms with Gasteiger partial charge in [0.05, 0.1) is 17.1 Å². The summed E-state index contributed by atoms with van der Waals surface area (Å²) in [6, 6.07) is 9.14. The molecule has 5 heteroatoms. The van der Waals surface area contributed by atoms with E-state index in [1.807, 2.05) is 0 Å². The average molecular weight is 247 g/mol. The summed E-state index contributed by atoms with van der Waals surface area (Å²) in [5.41, 5.74) is 1.51. The molecule has 1 aromatic heterocycles. The van der Waals surface area contributed by atoms with Crippen molar-refractivity contribution >= 4 is 16.6 Å². The number of hydrogen-bond donors (Lipinski definition) is 0. The predicted octanol–water partition coefficient (Wildman–Crippen LogP) is 2.82. The van der Waals surface area contributed by atoms with Crippen molar-refractivity contribution in [2.45, 2.75) is 6.67 Å². The van der Waals surface area contributed by atoms with Crippen LogP contribution in [0.1, 0.15) is 5.69 Å². The quantitative estimate of drug-likeness (QED) is 0.778. The molecule has 0 atom stereocenters. The van der Waals surface area contributed by atoms with Crippen molar-refractivity contribution in [2.24, 2.45) is 0 Å². The molecule has 0 saturated heterocycles. The summed E-state index contributed by atoms with van der Waals surface area (Å²) in [4.78, 5) is 4.11.